The van der Waals surface area contributed by atoms with Crippen molar-refractivity contribution in [3.05, 3.63) is 70.3 Å². The molecule has 0 radical (unpaired) electrons. The monoisotopic (exact) mass is 372 g/mol. The molecule has 1 aliphatic heterocycles. The molecule has 2 aromatic rings. The van der Waals surface area contributed by atoms with Crippen molar-refractivity contribution < 1.29 is 23.2 Å². The highest BCUT2D eigenvalue weighted by Crippen LogP contribution is 2.31. The summed E-state index contributed by atoms with van der Waals surface area (Å²) >= 11 is 0. The molecule has 3 rings (SSSR count). The van der Waals surface area contributed by atoms with E-state index in [9.17, 15) is 23.2 Å². The molecular formula is C20H18F2N2O3. The summed E-state index contributed by atoms with van der Waals surface area (Å²) in [4.78, 5) is 38.4. The van der Waals surface area contributed by atoms with Crippen LogP contribution in [0.1, 0.15) is 34.0 Å². The number of carbonyl (C=O) groups is 3. The summed E-state index contributed by atoms with van der Waals surface area (Å²) in [7, 11) is 0. The summed E-state index contributed by atoms with van der Waals surface area (Å²) in [5, 5.41) is 2.37. The highest BCUT2D eigenvalue weighted by Gasteiger charge is 2.50. The quantitative estimate of drug-likeness (QED) is 0.662. The Morgan fingerprint density at radius 3 is 2.48 bits per heavy atom. The van der Waals surface area contributed by atoms with Crippen LogP contribution in [0.3, 0.4) is 0 Å². The van der Waals surface area contributed by atoms with Crippen molar-refractivity contribution in [2.75, 3.05) is 6.54 Å². The van der Waals surface area contributed by atoms with Crippen LogP contribution in [0.25, 0.3) is 0 Å². The van der Waals surface area contributed by atoms with Gasteiger partial charge in [-0.3, -0.25) is 14.5 Å². The number of nitrogens with one attached hydrogen (secondary N) is 1. The zero-order chi connectivity index (χ0) is 19.9. The van der Waals surface area contributed by atoms with Crippen LogP contribution in [0.15, 0.2) is 36.4 Å². The van der Waals surface area contributed by atoms with Gasteiger partial charge in [-0.05, 0) is 44.5 Å². The number of aryl methyl sites for hydroxylation is 2. The van der Waals surface area contributed by atoms with Crippen LogP contribution >= 0.6 is 0 Å². The second-order valence-electron chi connectivity index (χ2n) is 6.81. The minimum Gasteiger partial charge on any atom is -0.319 e. The van der Waals surface area contributed by atoms with Gasteiger partial charge in [0.05, 0.1) is 6.54 Å². The van der Waals surface area contributed by atoms with E-state index in [1.165, 1.54) is 6.92 Å². The fourth-order valence-electron chi connectivity index (χ4n) is 3.26. The minimum absolute atomic E-state index is 0.290. The summed E-state index contributed by atoms with van der Waals surface area (Å²) in [5.74, 6) is -2.79. The zero-order valence-corrected chi connectivity index (χ0v) is 15.1. The third-order valence-corrected chi connectivity index (χ3v) is 4.73. The van der Waals surface area contributed by atoms with Crippen LogP contribution in [-0.2, 0) is 10.3 Å². The van der Waals surface area contributed by atoms with E-state index in [1.54, 1.807) is 19.1 Å². The van der Waals surface area contributed by atoms with E-state index < -0.39 is 41.4 Å². The lowest BCUT2D eigenvalue weighted by Gasteiger charge is -2.22. The average molecular weight is 372 g/mol. The molecule has 1 atom stereocenters. The summed E-state index contributed by atoms with van der Waals surface area (Å²) in [6, 6.07) is 7.07. The first kappa shape index (κ1) is 18.7. The van der Waals surface area contributed by atoms with Gasteiger partial charge in [0.2, 0.25) is 0 Å². The Hall–Kier alpha value is -3.09. The lowest BCUT2D eigenvalue weighted by molar-refractivity contribution is -0.130. The second kappa shape index (κ2) is 6.57. The fraction of sp³-hybridized carbons (Fsp3) is 0.250. The smallest absolute Gasteiger partial charge is 0.319 e. The molecule has 1 heterocycles. The molecule has 140 valence electrons. The van der Waals surface area contributed by atoms with E-state index in [4.69, 9.17) is 0 Å². The molecule has 1 aliphatic rings. The van der Waals surface area contributed by atoms with Crippen molar-refractivity contribution >= 4 is 17.7 Å². The molecule has 3 amide bonds. The van der Waals surface area contributed by atoms with E-state index in [0.717, 1.165) is 34.2 Å². The normalized spacial score (nSPS) is 19.4. The number of hydrogen-bond acceptors (Lipinski definition) is 3. The van der Waals surface area contributed by atoms with Gasteiger partial charge in [0.1, 0.15) is 17.2 Å². The number of nitrogens with zero attached hydrogens (tertiary/aromatic N) is 1. The maximum absolute atomic E-state index is 14.2. The third kappa shape index (κ3) is 3.20. The molecule has 1 N–H and O–H groups in total. The van der Waals surface area contributed by atoms with Gasteiger partial charge in [-0.15, -0.1) is 0 Å². The molecule has 0 saturated carbocycles. The molecule has 2 aromatic carbocycles. The van der Waals surface area contributed by atoms with Gasteiger partial charge in [-0.1, -0.05) is 23.8 Å². The predicted octanol–water partition coefficient (Wildman–Crippen LogP) is 3.23. The van der Waals surface area contributed by atoms with Crippen molar-refractivity contribution in [3.8, 4) is 0 Å². The number of halogens is 2. The molecule has 5 nitrogen and oxygen atoms in total. The molecule has 1 unspecified atom stereocenters. The largest absolute Gasteiger partial charge is 0.325 e. The zero-order valence-electron chi connectivity index (χ0n) is 15.1. The molecule has 27 heavy (non-hydrogen) atoms. The van der Waals surface area contributed by atoms with E-state index >= 15 is 0 Å². The van der Waals surface area contributed by atoms with Crippen LogP contribution < -0.4 is 5.32 Å². The number of imide groups is 1. The third-order valence-electron chi connectivity index (χ3n) is 4.73. The second-order valence-corrected chi connectivity index (χ2v) is 6.81. The summed E-state index contributed by atoms with van der Waals surface area (Å²) in [5.41, 5.74) is 0.0273. The number of Topliss-reactive ketones (excluding diaryl/α,β-unsaturated/α-hetero) is 1. The Morgan fingerprint density at radius 1 is 1.11 bits per heavy atom. The number of hydrogen-bond donors (Lipinski definition) is 1. The van der Waals surface area contributed by atoms with Crippen molar-refractivity contribution in [2.45, 2.75) is 26.3 Å². The molecular weight excluding hydrogens is 354 g/mol. The Kier molecular flexibility index (Phi) is 4.55. The number of rotatable bonds is 4. The van der Waals surface area contributed by atoms with Crippen LogP contribution in [0, 0.1) is 25.5 Å². The van der Waals surface area contributed by atoms with Gasteiger partial charge in [-0.25, -0.2) is 13.6 Å². The Balaban J connectivity index is 1.90. The molecule has 0 bridgehead atoms. The summed E-state index contributed by atoms with van der Waals surface area (Å²) in [6.45, 7) is 4.45. The number of amides is 3. The van der Waals surface area contributed by atoms with Gasteiger partial charge >= 0.3 is 6.03 Å². The van der Waals surface area contributed by atoms with Gasteiger partial charge in [0.15, 0.2) is 5.78 Å². The van der Waals surface area contributed by atoms with Gasteiger partial charge in [-0.2, -0.15) is 0 Å². The Morgan fingerprint density at radius 2 is 1.81 bits per heavy atom. The average Bonchev–Trinajstić information content (AvgIpc) is 2.81. The summed E-state index contributed by atoms with van der Waals surface area (Å²) in [6.07, 6.45) is 0. The first-order chi connectivity index (χ1) is 12.6. The lowest BCUT2D eigenvalue weighted by Crippen LogP contribution is -2.42. The number of ketones is 1. The van der Waals surface area contributed by atoms with Crippen molar-refractivity contribution in [1.29, 1.82) is 0 Å². The molecule has 0 spiro atoms. The SMILES string of the molecule is Cc1ccc(C(=O)CN2C(=O)NC(C)(c3cc(F)ccc3F)C2=O)c(C)c1. The number of urea groups is 1. The number of benzene rings is 2. The van der Waals surface area contributed by atoms with Crippen LogP contribution in [-0.4, -0.2) is 29.2 Å². The standard InChI is InChI=1S/C20H18F2N2O3/c1-11-4-6-14(12(2)8-11)17(25)10-24-18(26)20(3,23-19(24)27)15-9-13(21)5-7-16(15)22/h4-9H,10H2,1-3H3,(H,23,27). The minimum atomic E-state index is -1.79. The van der Waals surface area contributed by atoms with Crippen LogP contribution in [0.5, 0.6) is 0 Å². The topological polar surface area (TPSA) is 66.5 Å². The molecule has 0 aromatic heterocycles. The van der Waals surface area contributed by atoms with Crippen molar-refractivity contribution in [3.63, 3.8) is 0 Å². The molecule has 0 aliphatic carbocycles. The van der Waals surface area contributed by atoms with Crippen molar-refractivity contribution in [2.24, 2.45) is 0 Å². The van der Waals surface area contributed by atoms with E-state index in [1.807, 2.05) is 13.0 Å². The summed E-state index contributed by atoms with van der Waals surface area (Å²) < 4.78 is 27.7. The molecule has 1 fully saturated rings. The van der Waals surface area contributed by atoms with E-state index in [0.29, 0.717) is 5.56 Å². The highest BCUT2D eigenvalue weighted by molar-refractivity contribution is 6.11. The molecule has 7 heteroatoms. The van der Waals surface area contributed by atoms with E-state index in [-0.39, 0.29) is 5.56 Å². The van der Waals surface area contributed by atoms with Crippen molar-refractivity contribution in [1.82, 2.24) is 10.2 Å². The first-order valence-electron chi connectivity index (χ1n) is 8.33. The maximum Gasteiger partial charge on any atom is 0.325 e. The number of carbonyl (C=O) groups excluding carboxylic acids is 3. The van der Waals surface area contributed by atoms with Gasteiger partial charge < -0.3 is 5.32 Å². The van der Waals surface area contributed by atoms with Gasteiger partial charge in [0, 0.05) is 11.1 Å². The predicted molar refractivity (Wildman–Crippen MR) is 94.2 cm³/mol. The highest BCUT2D eigenvalue weighted by atomic mass is 19.1. The Labute approximate surface area is 155 Å². The Bertz CT molecular complexity index is 974. The van der Waals surface area contributed by atoms with E-state index in [2.05, 4.69) is 5.32 Å². The lowest BCUT2D eigenvalue weighted by atomic mass is 9.91. The fourth-order valence-corrected chi connectivity index (χ4v) is 3.26. The van der Waals surface area contributed by atoms with Crippen LogP contribution in [0.4, 0.5) is 13.6 Å². The van der Waals surface area contributed by atoms with Crippen LogP contribution in [0.2, 0.25) is 0 Å². The maximum atomic E-state index is 14.2. The first-order valence-corrected chi connectivity index (χ1v) is 8.33. The molecule has 1 saturated heterocycles. The van der Waals surface area contributed by atoms with Gasteiger partial charge in [0.25, 0.3) is 5.91 Å².